The highest BCUT2D eigenvalue weighted by Gasteiger charge is 2.22. The Balaban J connectivity index is 1.38. The Morgan fingerprint density at radius 2 is 1.94 bits per heavy atom. The standard InChI is InChI=1S/C23H25FN4O3/c1-3-30-21-7-5-4-6-18(21)23-25-22(31-26-23)15-27-10-12-28(13-11-27)20-9-8-17(16(2)29)14-19(20)24/h4-9,14H,3,10-13,15H2,1-2H3. The number of rotatable bonds is 7. The van der Waals surface area contributed by atoms with Crippen molar-refractivity contribution in [1.29, 1.82) is 0 Å². The molecule has 0 unspecified atom stereocenters. The van der Waals surface area contributed by atoms with Crippen LogP contribution in [-0.4, -0.2) is 53.6 Å². The van der Waals surface area contributed by atoms with Crippen LogP contribution in [0.5, 0.6) is 5.75 Å². The molecule has 0 N–H and O–H groups in total. The number of Topliss-reactive ketones (excluding diaryl/α,β-unsaturated/α-hetero) is 1. The Labute approximate surface area is 180 Å². The molecule has 2 heterocycles. The molecule has 162 valence electrons. The van der Waals surface area contributed by atoms with Crippen LogP contribution in [0.25, 0.3) is 11.4 Å². The predicted octanol–water partition coefficient (Wildman–Crippen LogP) is 3.80. The molecule has 31 heavy (non-hydrogen) atoms. The fourth-order valence-electron chi connectivity index (χ4n) is 3.68. The van der Waals surface area contributed by atoms with Gasteiger partial charge in [-0.15, -0.1) is 0 Å². The summed E-state index contributed by atoms with van der Waals surface area (Å²) in [6.07, 6.45) is 0. The van der Waals surface area contributed by atoms with Gasteiger partial charge in [0.15, 0.2) is 5.78 Å². The van der Waals surface area contributed by atoms with Gasteiger partial charge in [0.2, 0.25) is 11.7 Å². The van der Waals surface area contributed by atoms with Crippen LogP contribution in [0.3, 0.4) is 0 Å². The number of piperazine rings is 1. The Morgan fingerprint density at radius 1 is 1.16 bits per heavy atom. The molecule has 8 heteroatoms. The fraction of sp³-hybridized carbons (Fsp3) is 0.348. The second-order valence-electron chi connectivity index (χ2n) is 7.43. The van der Waals surface area contributed by atoms with Crippen molar-refractivity contribution in [2.24, 2.45) is 0 Å². The summed E-state index contributed by atoms with van der Waals surface area (Å²) < 4.78 is 25.5. The summed E-state index contributed by atoms with van der Waals surface area (Å²) in [6, 6.07) is 12.3. The van der Waals surface area contributed by atoms with Crippen molar-refractivity contribution >= 4 is 11.5 Å². The quantitative estimate of drug-likeness (QED) is 0.534. The van der Waals surface area contributed by atoms with E-state index in [-0.39, 0.29) is 11.6 Å². The van der Waals surface area contributed by atoms with E-state index in [1.54, 1.807) is 12.1 Å². The molecule has 0 saturated carbocycles. The second kappa shape index (κ2) is 9.26. The molecule has 3 aromatic rings. The van der Waals surface area contributed by atoms with Crippen molar-refractivity contribution in [1.82, 2.24) is 15.0 Å². The monoisotopic (exact) mass is 424 g/mol. The highest BCUT2D eigenvalue weighted by atomic mass is 19.1. The molecule has 0 spiro atoms. The van der Waals surface area contributed by atoms with E-state index in [0.717, 1.165) is 24.4 Å². The molecule has 0 bridgehead atoms. The number of carbonyl (C=O) groups excluding carboxylic acids is 1. The number of aromatic nitrogens is 2. The molecule has 2 aromatic carbocycles. The number of carbonyl (C=O) groups is 1. The van der Waals surface area contributed by atoms with E-state index in [1.807, 2.05) is 36.1 Å². The summed E-state index contributed by atoms with van der Waals surface area (Å²) in [5, 5.41) is 4.11. The maximum absolute atomic E-state index is 14.4. The zero-order valence-electron chi connectivity index (χ0n) is 17.7. The summed E-state index contributed by atoms with van der Waals surface area (Å²) in [5.41, 5.74) is 1.71. The van der Waals surface area contributed by atoms with Gasteiger partial charge in [-0.2, -0.15) is 4.98 Å². The van der Waals surface area contributed by atoms with E-state index >= 15 is 0 Å². The van der Waals surface area contributed by atoms with Crippen molar-refractivity contribution in [2.75, 3.05) is 37.7 Å². The van der Waals surface area contributed by atoms with Gasteiger partial charge in [-0.25, -0.2) is 4.39 Å². The lowest BCUT2D eigenvalue weighted by Gasteiger charge is -2.35. The van der Waals surface area contributed by atoms with Gasteiger partial charge in [0.25, 0.3) is 0 Å². The van der Waals surface area contributed by atoms with E-state index in [4.69, 9.17) is 9.26 Å². The van der Waals surface area contributed by atoms with Gasteiger partial charge < -0.3 is 14.2 Å². The summed E-state index contributed by atoms with van der Waals surface area (Å²) in [5.74, 6) is 1.26. The Morgan fingerprint density at radius 3 is 2.65 bits per heavy atom. The molecule has 1 aliphatic heterocycles. The number of halogens is 1. The molecule has 0 atom stereocenters. The van der Waals surface area contributed by atoms with Gasteiger partial charge in [-0.1, -0.05) is 17.3 Å². The maximum Gasteiger partial charge on any atom is 0.241 e. The first-order valence-electron chi connectivity index (χ1n) is 10.4. The Hall–Kier alpha value is -3.26. The summed E-state index contributed by atoms with van der Waals surface area (Å²) >= 11 is 0. The largest absolute Gasteiger partial charge is 0.493 e. The molecule has 4 rings (SSSR count). The molecule has 0 amide bonds. The lowest BCUT2D eigenvalue weighted by Crippen LogP contribution is -2.46. The zero-order valence-corrected chi connectivity index (χ0v) is 17.7. The third-order valence-corrected chi connectivity index (χ3v) is 5.32. The van der Waals surface area contributed by atoms with Crippen LogP contribution >= 0.6 is 0 Å². The second-order valence-corrected chi connectivity index (χ2v) is 7.43. The van der Waals surface area contributed by atoms with Crippen LogP contribution < -0.4 is 9.64 Å². The first-order valence-corrected chi connectivity index (χ1v) is 10.4. The van der Waals surface area contributed by atoms with Crippen LogP contribution in [0.15, 0.2) is 47.0 Å². The molecule has 7 nitrogen and oxygen atoms in total. The molecule has 0 aliphatic carbocycles. The van der Waals surface area contributed by atoms with Gasteiger partial charge in [0, 0.05) is 31.7 Å². The minimum absolute atomic E-state index is 0.141. The number of ketones is 1. The number of hydrogen-bond donors (Lipinski definition) is 0. The number of anilines is 1. The normalized spacial score (nSPS) is 14.6. The minimum Gasteiger partial charge on any atom is -0.493 e. The maximum atomic E-state index is 14.4. The highest BCUT2D eigenvalue weighted by Crippen LogP contribution is 2.28. The average Bonchev–Trinajstić information content (AvgIpc) is 3.23. The number of hydrogen-bond acceptors (Lipinski definition) is 7. The molecule has 1 saturated heterocycles. The molecular formula is C23H25FN4O3. The average molecular weight is 424 g/mol. The summed E-state index contributed by atoms with van der Waals surface area (Å²) in [7, 11) is 0. The first-order chi connectivity index (χ1) is 15.0. The van der Waals surface area contributed by atoms with Crippen molar-refractivity contribution in [2.45, 2.75) is 20.4 Å². The van der Waals surface area contributed by atoms with Crippen molar-refractivity contribution in [3.8, 4) is 17.1 Å². The number of benzene rings is 2. The van der Waals surface area contributed by atoms with Gasteiger partial charge in [0.1, 0.15) is 11.6 Å². The van der Waals surface area contributed by atoms with E-state index in [1.165, 1.54) is 13.0 Å². The first kappa shape index (κ1) is 21.0. The summed E-state index contributed by atoms with van der Waals surface area (Å²) in [6.45, 7) is 7.28. The molecular weight excluding hydrogens is 399 g/mol. The van der Waals surface area contributed by atoms with E-state index < -0.39 is 0 Å². The predicted molar refractivity (Wildman–Crippen MR) is 115 cm³/mol. The molecule has 1 aromatic heterocycles. The lowest BCUT2D eigenvalue weighted by molar-refractivity contribution is 0.101. The van der Waals surface area contributed by atoms with Crippen LogP contribution in [0.4, 0.5) is 10.1 Å². The van der Waals surface area contributed by atoms with Gasteiger partial charge in [-0.05, 0) is 44.2 Å². The zero-order chi connectivity index (χ0) is 21.8. The molecule has 1 aliphatic rings. The van der Waals surface area contributed by atoms with Crippen LogP contribution in [0.1, 0.15) is 30.1 Å². The minimum atomic E-state index is -0.365. The SMILES string of the molecule is CCOc1ccccc1-c1noc(CN2CCN(c3ccc(C(C)=O)cc3F)CC2)n1. The number of para-hydroxylation sites is 1. The Kier molecular flexibility index (Phi) is 6.27. The van der Waals surface area contributed by atoms with Crippen LogP contribution in [0, 0.1) is 5.82 Å². The lowest BCUT2D eigenvalue weighted by atomic mass is 10.1. The van der Waals surface area contributed by atoms with Crippen LogP contribution in [0.2, 0.25) is 0 Å². The van der Waals surface area contributed by atoms with Gasteiger partial charge >= 0.3 is 0 Å². The van der Waals surface area contributed by atoms with Crippen molar-refractivity contribution in [3.63, 3.8) is 0 Å². The van der Waals surface area contributed by atoms with E-state index in [9.17, 15) is 9.18 Å². The summed E-state index contributed by atoms with van der Waals surface area (Å²) in [4.78, 5) is 20.2. The third kappa shape index (κ3) is 4.74. The van der Waals surface area contributed by atoms with Gasteiger partial charge in [0.05, 0.1) is 24.4 Å². The van der Waals surface area contributed by atoms with Crippen molar-refractivity contribution in [3.05, 3.63) is 59.7 Å². The number of ether oxygens (including phenoxy) is 1. The van der Waals surface area contributed by atoms with Crippen molar-refractivity contribution < 1.29 is 18.4 Å². The van der Waals surface area contributed by atoms with Crippen LogP contribution in [-0.2, 0) is 6.54 Å². The Bertz CT molecular complexity index is 1060. The highest BCUT2D eigenvalue weighted by molar-refractivity contribution is 5.94. The third-order valence-electron chi connectivity index (χ3n) is 5.32. The fourth-order valence-corrected chi connectivity index (χ4v) is 3.68. The molecule has 0 radical (unpaired) electrons. The van der Waals surface area contributed by atoms with E-state index in [0.29, 0.717) is 49.2 Å². The smallest absolute Gasteiger partial charge is 0.241 e. The topological polar surface area (TPSA) is 71.7 Å². The molecule has 1 fully saturated rings. The number of nitrogens with zero attached hydrogens (tertiary/aromatic N) is 4. The van der Waals surface area contributed by atoms with Gasteiger partial charge in [-0.3, -0.25) is 9.69 Å². The van der Waals surface area contributed by atoms with E-state index in [2.05, 4.69) is 15.0 Å².